The number of hydrogen-bond donors (Lipinski definition) is 1. The van der Waals surface area contributed by atoms with Gasteiger partial charge in [-0.05, 0) is 26.7 Å². The zero-order valence-corrected chi connectivity index (χ0v) is 14.2. The van der Waals surface area contributed by atoms with E-state index in [4.69, 9.17) is 0 Å². The van der Waals surface area contributed by atoms with Gasteiger partial charge in [0, 0.05) is 24.9 Å². The molecule has 2 aromatic heterocycles. The third-order valence-electron chi connectivity index (χ3n) is 4.04. The summed E-state index contributed by atoms with van der Waals surface area (Å²) >= 11 is 1.65. The lowest BCUT2D eigenvalue weighted by atomic mass is 10.1. The Morgan fingerprint density at radius 1 is 1.52 bits per heavy atom. The number of carbonyl (C=O) groups is 1. The average Bonchev–Trinajstić information content (AvgIpc) is 3.07. The SMILES string of the molecule is Cc1nc(CCCC(=O)N2CC(n3cc(C(C)O)nn3)C2)cs1. The highest BCUT2D eigenvalue weighted by atomic mass is 32.1. The van der Waals surface area contributed by atoms with Crippen LogP contribution in [-0.2, 0) is 11.2 Å². The molecule has 3 rings (SSSR count). The zero-order chi connectivity index (χ0) is 16.4. The van der Waals surface area contributed by atoms with Crippen LogP contribution in [0.25, 0.3) is 0 Å². The summed E-state index contributed by atoms with van der Waals surface area (Å²) in [7, 11) is 0. The number of aryl methyl sites for hydroxylation is 2. The molecule has 3 heterocycles. The van der Waals surface area contributed by atoms with Crippen LogP contribution in [0.1, 0.15) is 48.3 Å². The van der Waals surface area contributed by atoms with Gasteiger partial charge in [-0.1, -0.05) is 5.21 Å². The number of amides is 1. The van der Waals surface area contributed by atoms with Gasteiger partial charge in [0.05, 0.1) is 29.0 Å². The number of aromatic nitrogens is 4. The molecule has 2 aromatic rings. The smallest absolute Gasteiger partial charge is 0.222 e. The van der Waals surface area contributed by atoms with Crippen LogP contribution < -0.4 is 0 Å². The van der Waals surface area contributed by atoms with Crippen molar-refractivity contribution in [2.75, 3.05) is 13.1 Å². The van der Waals surface area contributed by atoms with Gasteiger partial charge < -0.3 is 10.0 Å². The predicted molar refractivity (Wildman–Crippen MR) is 86.1 cm³/mol. The van der Waals surface area contributed by atoms with Crippen molar-refractivity contribution in [1.82, 2.24) is 24.9 Å². The second-order valence-electron chi connectivity index (χ2n) is 5.96. The van der Waals surface area contributed by atoms with Crippen LogP contribution in [0.5, 0.6) is 0 Å². The molecule has 7 nitrogen and oxygen atoms in total. The summed E-state index contributed by atoms with van der Waals surface area (Å²) in [4.78, 5) is 18.4. The molecule has 0 spiro atoms. The van der Waals surface area contributed by atoms with Crippen molar-refractivity contribution in [1.29, 1.82) is 0 Å². The number of aliphatic hydroxyl groups excluding tert-OH is 1. The third kappa shape index (κ3) is 3.76. The molecule has 124 valence electrons. The second kappa shape index (κ2) is 6.76. The fourth-order valence-corrected chi connectivity index (χ4v) is 3.24. The van der Waals surface area contributed by atoms with Crippen LogP contribution >= 0.6 is 11.3 Å². The zero-order valence-electron chi connectivity index (χ0n) is 13.3. The summed E-state index contributed by atoms with van der Waals surface area (Å²) < 4.78 is 1.74. The quantitative estimate of drug-likeness (QED) is 0.865. The molecule has 1 amide bonds. The molecule has 0 bridgehead atoms. The maximum atomic E-state index is 12.1. The molecule has 1 fully saturated rings. The number of carbonyl (C=O) groups excluding carboxylic acids is 1. The normalized spacial score (nSPS) is 16.4. The number of thiazole rings is 1. The molecule has 1 unspecified atom stereocenters. The topological polar surface area (TPSA) is 84.1 Å². The van der Waals surface area contributed by atoms with Gasteiger partial charge in [-0.3, -0.25) is 4.79 Å². The first-order valence-corrected chi connectivity index (χ1v) is 8.69. The number of hydrogen-bond acceptors (Lipinski definition) is 6. The second-order valence-corrected chi connectivity index (χ2v) is 7.03. The molecular formula is C15H21N5O2S. The number of aliphatic hydroxyl groups is 1. The van der Waals surface area contributed by atoms with Gasteiger partial charge in [0.2, 0.25) is 5.91 Å². The molecule has 1 saturated heterocycles. The van der Waals surface area contributed by atoms with E-state index in [0.717, 1.165) is 23.5 Å². The molecule has 1 N–H and O–H groups in total. The largest absolute Gasteiger partial charge is 0.387 e. The van der Waals surface area contributed by atoms with Crippen molar-refractivity contribution in [2.45, 2.75) is 45.3 Å². The van der Waals surface area contributed by atoms with Crippen molar-refractivity contribution in [2.24, 2.45) is 0 Å². The van der Waals surface area contributed by atoms with E-state index in [1.165, 1.54) is 0 Å². The molecule has 0 radical (unpaired) electrons. The Kier molecular flexibility index (Phi) is 4.72. The predicted octanol–water partition coefficient (Wildman–Crippen LogP) is 1.50. The lowest BCUT2D eigenvalue weighted by Gasteiger charge is -2.39. The molecule has 23 heavy (non-hydrogen) atoms. The van der Waals surface area contributed by atoms with Crippen molar-refractivity contribution in [3.05, 3.63) is 28.0 Å². The van der Waals surface area contributed by atoms with Gasteiger partial charge >= 0.3 is 0 Å². The standard InChI is InChI=1S/C15H21N5O2S/c1-10(21)14-8-20(18-17-14)13-6-19(7-13)15(22)5-3-4-12-9-23-11(2)16-12/h8-10,13,21H,3-7H2,1-2H3. The Morgan fingerprint density at radius 2 is 2.30 bits per heavy atom. The average molecular weight is 335 g/mol. The van der Waals surface area contributed by atoms with Crippen LogP contribution in [0, 0.1) is 6.92 Å². The highest BCUT2D eigenvalue weighted by Crippen LogP contribution is 2.22. The van der Waals surface area contributed by atoms with E-state index in [2.05, 4.69) is 20.7 Å². The van der Waals surface area contributed by atoms with E-state index in [9.17, 15) is 9.90 Å². The fraction of sp³-hybridized carbons (Fsp3) is 0.600. The number of nitrogens with zero attached hydrogens (tertiary/aromatic N) is 5. The van der Waals surface area contributed by atoms with Gasteiger partial charge in [-0.25, -0.2) is 9.67 Å². The molecular weight excluding hydrogens is 314 g/mol. The van der Waals surface area contributed by atoms with E-state index in [0.29, 0.717) is 25.2 Å². The summed E-state index contributed by atoms with van der Waals surface area (Å²) in [5.41, 5.74) is 1.64. The number of rotatable bonds is 6. The lowest BCUT2D eigenvalue weighted by molar-refractivity contribution is -0.137. The first kappa shape index (κ1) is 16.1. The Balaban J connectivity index is 1.40. The molecule has 0 aromatic carbocycles. The molecule has 1 aliphatic heterocycles. The minimum Gasteiger partial charge on any atom is -0.387 e. The summed E-state index contributed by atoms with van der Waals surface area (Å²) in [5, 5.41) is 20.5. The highest BCUT2D eigenvalue weighted by Gasteiger charge is 2.32. The van der Waals surface area contributed by atoms with E-state index in [1.807, 2.05) is 11.8 Å². The summed E-state index contributed by atoms with van der Waals surface area (Å²) in [6.45, 7) is 4.98. The number of likely N-dealkylation sites (tertiary alicyclic amines) is 1. The maximum Gasteiger partial charge on any atom is 0.222 e. The summed E-state index contributed by atoms with van der Waals surface area (Å²) in [6.07, 6.45) is 3.38. The van der Waals surface area contributed by atoms with Crippen molar-refractivity contribution in [3.8, 4) is 0 Å². The summed E-state index contributed by atoms with van der Waals surface area (Å²) in [5.74, 6) is 0.184. The lowest BCUT2D eigenvalue weighted by Crippen LogP contribution is -2.50. The van der Waals surface area contributed by atoms with Gasteiger partial charge in [0.15, 0.2) is 0 Å². The van der Waals surface area contributed by atoms with E-state index in [1.54, 1.807) is 29.1 Å². The molecule has 0 saturated carbocycles. The first-order valence-electron chi connectivity index (χ1n) is 7.81. The maximum absolute atomic E-state index is 12.1. The first-order chi connectivity index (χ1) is 11.0. The Bertz CT molecular complexity index is 675. The minimum absolute atomic E-state index is 0.167. The van der Waals surface area contributed by atoms with Crippen LogP contribution in [0.2, 0.25) is 0 Å². The van der Waals surface area contributed by atoms with Gasteiger partial charge in [0.25, 0.3) is 0 Å². The third-order valence-corrected chi connectivity index (χ3v) is 4.86. The molecule has 1 atom stereocenters. The molecule has 0 aliphatic carbocycles. The van der Waals surface area contributed by atoms with Crippen LogP contribution in [0.3, 0.4) is 0 Å². The Labute approximate surface area is 139 Å². The van der Waals surface area contributed by atoms with Crippen molar-refractivity contribution in [3.63, 3.8) is 0 Å². The monoisotopic (exact) mass is 335 g/mol. The van der Waals surface area contributed by atoms with Gasteiger partial charge in [0.1, 0.15) is 5.69 Å². The van der Waals surface area contributed by atoms with Crippen LogP contribution in [0.4, 0.5) is 0 Å². The molecule has 1 aliphatic rings. The van der Waals surface area contributed by atoms with Gasteiger partial charge in [-0.2, -0.15) is 0 Å². The molecule has 8 heteroatoms. The minimum atomic E-state index is -0.615. The Morgan fingerprint density at radius 3 is 2.91 bits per heavy atom. The Hall–Kier alpha value is -1.80. The van der Waals surface area contributed by atoms with E-state index in [-0.39, 0.29) is 11.9 Å². The van der Waals surface area contributed by atoms with Gasteiger partial charge in [-0.15, -0.1) is 16.4 Å². The summed E-state index contributed by atoms with van der Waals surface area (Å²) in [6, 6.07) is 0.167. The highest BCUT2D eigenvalue weighted by molar-refractivity contribution is 7.09. The fourth-order valence-electron chi connectivity index (χ4n) is 2.59. The van der Waals surface area contributed by atoms with E-state index < -0.39 is 6.10 Å². The van der Waals surface area contributed by atoms with Crippen LogP contribution in [0.15, 0.2) is 11.6 Å². The van der Waals surface area contributed by atoms with Crippen molar-refractivity contribution >= 4 is 17.2 Å². The van der Waals surface area contributed by atoms with Crippen LogP contribution in [-0.4, -0.2) is 49.0 Å². The van der Waals surface area contributed by atoms with Crippen molar-refractivity contribution < 1.29 is 9.90 Å². The van der Waals surface area contributed by atoms with E-state index >= 15 is 0 Å².